The number of nitrogens with two attached hydrogens (primary N) is 1. The van der Waals surface area contributed by atoms with E-state index in [-0.39, 0.29) is 0 Å². The summed E-state index contributed by atoms with van der Waals surface area (Å²) in [4.78, 5) is 3.89. The molecule has 0 atom stereocenters. The lowest BCUT2D eigenvalue weighted by Gasteiger charge is -1.97. The number of phenols is 1. The Morgan fingerprint density at radius 2 is 2.21 bits per heavy atom. The monoisotopic (exact) mass is 211 g/mol. The third kappa shape index (κ3) is 1.51. The SMILES string of the molecule is Nc1nc(-c2ccc(O)c(F)c2)ns1. The summed E-state index contributed by atoms with van der Waals surface area (Å²) >= 11 is 1.04. The standard InChI is InChI=1S/C8H6FN3OS/c9-5-3-4(1-2-6(5)13)7-11-8(10)14-12-7/h1-3,13H,(H2,10,11,12). The largest absolute Gasteiger partial charge is 0.505 e. The highest BCUT2D eigenvalue weighted by Gasteiger charge is 2.07. The summed E-state index contributed by atoms with van der Waals surface area (Å²) in [7, 11) is 0. The Hall–Kier alpha value is -1.69. The van der Waals surface area contributed by atoms with Gasteiger partial charge in [0.25, 0.3) is 0 Å². The Kier molecular flexibility index (Phi) is 2.05. The van der Waals surface area contributed by atoms with Gasteiger partial charge in [-0.3, -0.25) is 0 Å². The van der Waals surface area contributed by atoms with Gasteiger partial charge in [0, 0.05) is 17.1 Å². The smallest absolute Gasteiger partial charge is 0.200 e. The van der Waals surface area contributed by atoms with Crippen LogP contribution in [0.15, 0.2) is 18.2 Å². The maximum atomic E-state index is 12.9. The van der Waals surface area contributed by atoms with E-state index in [1.165, 1.54) is 12.1 Å². The highest BCUT2D eigenvalue weighted by Crippen LogP contribution is 2.24. The van der Waals surface area contributed by atoms with E-state index in [0.29, 0.717) is 16.5 Å². The fraction of sp³-hybridized carbons (Fsp3) is 0. The molecule has 0 saturated carbocycles. The van der Waals surface area contributed by atoms with Gasteiger partial charge in [0.1, 0.15) is 0 Å². The number of halogens is 1. The topological polar surface area (TPSA) is 72.0 Å². The van der Waals surface area contributed by atoms with Crippen LogP contribution >= 0.6 is 11.5 Å². The molecule has 72 valence electrons. The maximum absolute atomic E-state index is 12.9. The minimum absolute atomic E-state index is 0.327. The molecule has 1 aromatic heterocycles. The van der Waals surface area contributed by atoms with Gasteiger partial charge in [0.2, 0.25) is 0 Å². The van der Waals surface area contributed by atoms with Crippen LogP contribution in [0, 0.1) is 5.82 Å². The van der Waals surface area contributed by atoms with Crippen LogP contribution in [0.5, 0.6) is 5.75 Å². The molecule has 0 radical (unpaired) electrons. The molecule has 6 heteroatoms. The van der Waals surface area contributed by atoms with Crippen molar-refractivity contribution >= 4 is 16.7 Å². The van der Waals surface area contributed by atoms with E-state index < -0.39 is 11.6 Å². The number of anilines is 1. The van der Waals surface area contributed by atoms with Gasteiger partial charge < -0.3 is 10.8 Å². The number of rotatable bonds is 1. The normalized spacial score (nSPS) is 10.4. The van der Waals surface area contributed by atoms with Crippen molar-refractivity contribution in [2.75, 3.05) is 5.73 Å². The fourth-order valence-electron chi connectivity index (χ4n) is 0.998. The predicted octanol–water partition coefficient (Wildman–Crippen LogP) is 1.63. The fourth-order valence-corrected chi connectivity index (χ4v) is 1.45. The Labute approximate surface area is 83.0 Å². The van der Waals surface area contributed by atoms with Gasteiger partial charge in [0.05, 0.1) is 0 Å². The second kappa shape index (κ2) is 3.22. The number of nitrogens with zero attached hydrogens (tertiary/aromatic N) is 2. The van der Waals surface area contributed by atoms with Crippen LogP contribution in [-0.4, -0.2) is 14.5 Å². The summed E-state index contributed by atoms with van der Waals surface area (Å²) in [5.41, 5.74) is 5.88. The van der Waals surface area contributed by atoms with E-state index in [1.54, 1.807) is 0 Å². The summed E-state index contributed by atoms with van der Waals surface area (Å²) in [5.74, 6) is -0.723. The third-order valence-electron chi connectivity index (χ3n) is 1.65. The third-order valence-corrected chi connectivity index (χ3v) is 2.19. The summed E-state index contributed by atoms with van der Waals surface area (Å²) < 4.78 is 16.9. The van der Waals surface area contributed by atoms with Gasteiger partial charge in [-0.25, -0.2) is 4.39 Å². The van der Waals surface area contributed by atoms with Crippen molar-refractivity contribution in [2.24, 2.45) is 0 Å². The van der Waals surface area contributed by atoms with Crippen LogP contribution in [0.2, 0.25) is 0 Å². The van der Waals surface area contributed by atoms with Gasteiger partial charge in [-0.15, -0.1) is 0 Å². The van der Waals surface area contributed by atoms with Gasteiger partial charge in [0.15, 0.2) is 22.5 Å². The molecule has 0 bridgehead atoms. The predicted molar refractivity (Wildman–Crippen MR) is 51.4 cm³/mol. The van der Waals surface area contributed by atoms with Crippen molar-refractivity contribution < 1.29 is 9.50 Å². The first-order chi connectivity index (χ1) is 6.66. The first-order valence-electron chi connectivity index (χ1n) is 3.75. The zero-order valence-corrected chi connectivity index (χ0v) is 7.75. The average molecular weight is 211 g/mol. The summed E-state index contributed by atoms with van der Waals surface area (Å²) in [5, 5.41) is 9.29. The molecule has 0 spiro atoms. The summed E-state index contributed by atoms with van der Waals surface area (Å²) in [6, 6.07) is 3.94. The van der Waals surface area contributed by atoms with Gasteiger partial charge in [-0.1, -0.05) is 0 Å². The van der Waals surface area contributed by atoms with Crippen LogP contribution < -0.4 is 5.73 Å². The zero-order chi connectivity index (χ0) is 10.1. The van der Waals surface area contributed by atoms with Gasteiger partial charge in [-0.05, 0) is 18.2 Å². The molecule has 4 nitrogen and oxygen atoms in total. The van der Waals surface area contributed by atoms with Crippen LogP contribution in [-0.2, 0) is 0 Å². The molecule has 14 heavy (non-hydrogen) atoms. The number of aromatic nitrogens is 2. The maximum Gasteiger partial charge on any atom is 0.200 e. The molecular formula is C8H6FN3OS. The van der Waals surface area contributed by atoms with Crippen molar-refractivity contribution in [2.45, 2.75) is 0 Å². The van der Waals surface area contributed by atoms with E-state index in [1.807, 2.05) is 0 Å². The van der Waals surface area contributed by atoms with E-state index in [2.05, 4.69) is 9.36 Å². The zero-order valence-electron chi connectivity index (χ0n) is 6.94. The Morgan fingerprint density at radius 3 is 2.79 bits per heavy atom. The Morgan fingerprint density at radius 1 is 1.43 bits per heavy atom. The minimum Gasteiger partial charge on any atom is -0.505 e. The first-order valence-corrected chi connectivity index (χ1v) is 4.52. The van der Waals surface area contributed by atoms with Gasteiger partial charge >= 0.3 is 0 Å². The van der Waals surface area contributed by atoms with E-state index in [0.717, 1.165) is 17.6 Å². The lowest BCUT2D eigenvalue weighted by atomic mass is 10.2. The van der Waals surface area contributed by atoms with Crippen LogP contribution in [0.3, 0.4) is 0 Å². The minimum atomic E-state index is -0.698. The van der Waals surface area contributed by atoms with Crippen LogP contribution in [0.1, 0.15) is 0 Å². The number of aromatic hydroxyl groups is 1. The summed E-state index contributed by atoms with van der Waals surface area (Å²) in [6.07, 6.45) is 0. The van der Waals surface area contributed by atoms with E-state index in [4.69, 9.17) is 10.8 Å². The molecule has 0 saturated heterocycles. The second-order valence-electron chi connectivity index (χ2n) is 2.62. The number of benzene rings is 1. The van der Waals surface area contributed by atoms with Crippen molar-refractivity contribution in [1.82, 2.24) is 9.36 Å². The van der Waals surface area contributed by atoms with E-state index in [9.17, 15) is 4.39 Å². The molecular weight excluding hydrogens is 205 g/mol. The number of phenolic OH excluding ortho intramolecular Hbond substituents is 1. The average Bonchev–Trinajstić information content (AvgIpc) is 2.57. The molecule has 0 amide bonds. The number of hydrogen-bond acceptors (Lipinski definition) is 5. The van der Waals surface area contributed by atoms with Gasteiger partial charge in [-0.2, -0.15) is 9.36 Å². The van der Waals surface area contributed by atoms with Crippen LogP contribution in [0.4, 0.5) is 9.52 Å². The molecule has 1 aromatic carbocycles. The van der Waals surface area contributed by atoms with Crippen molar-refractivity contribution in [3.05, 3.63) is 24.0 Å². The lowest BCUT2D eigenvalue weighted by Crippen LogP contribution is -1.85. The first kappa shape index (κ1) is 8.89. The second-order valence-corrected chi connectivity index (χ2v) is 3.41. The molecule has 2 aromatic rings. The lowest BCUT2D eigenvalue weighted by molar-refractivity contribution is 0.432. The Bertz CT molecular complexity index is 471. The van der Waals surface area contributed by atoms with E-state index >= 15 is 0 Å². The Balaban J connectivity index is 2.47. The molecule has 0 aliphatic carbocycles. The molecule has 0 aliphatic rings. The van der Waals surface area contributed by atoms with Crippen LogP contribution in [0.25, 0.3) is 11.4 Å². The number of nitrogen functional groups attached to an aromatic ring is 1. The molecule has 1 heterocycles. The molecule has 0 unspecified atom stereocenters. The highest BCUT2D eigenvalue weighted by atomic mass is 32.1. The highest BCUT2D eigenvalue weighted by molar-refractivity contribution is 7.09. The quantitative estimate of drug-likeness (QED) is 0.752. The molecule has 3 N–H and O–H groups in total. The van der Waals surface area contributed by atoms with Crippen molar-refractivity contribution in [3.63, 3.8) is 0 Å². The van der Waals surface area contributed by atoms with Crippen molar-refractivity contribution in [3.8, 4) is 17.1 Å². The molecule has 0 aliphatic heterocycles. The molecule has 2 rings (SSSR count). The number of hydrogen-bond donors (Lipinski definition) is 2. The van der Waals surface area contributed by atoms with Crippen molar-refractivity contribution in [1.29, 1.82) is 0 Å². The summed E-state index contributed by atoms with van der Waals surface area (Å²) in [6.45, 7) is 0. The molecule has 0 fully saturated rings.